The van der Waals surface area contributed by atoms with E-state index in [1.54, 1.807) is 0 Å². The molecule has 4 aromatic rings. The second kappa shape index (κ2) is 7.56. The van der Waals surface area contributed by atoms with Gasteiger partial charge in [0.25, 0.3) is 5.78 Å². The van der Waals surface area contributed by atoms with E-state index in [4.69, 9.17) is 15.1 Å². The fourth-order valence-corrected chi connectivity index (χ4v) is 4.36. The Hall–Kier alpha value is -3.21. The third-order valence-electron chi connectivity index (χ3n) is 5.77. The van der Waals surface area contributed by atoms with Gasteiger partial charge >= 0.3 is 0 Å². The van der Waals surface area contributed by atoms with Crippen molar-refractivity contribution in [2.45, 2.75) is 52.9 Å². The van der Waals surface area contributed by atoms with Gasteiger partial charge in [-0.3, -0.25) is 0 Å². The highest BCUT2D eigenvalue weighted by molar-refractivity contribution is 5.64. The first-order valence-corrected chi connectivity index (χ1v) is 10.7. The van der Waals surface area contributed by atoms with Gasteiger partial charge in [0.2, 0.25) is 0 Å². The van der Waals surface area contributed by atoms with Crippen LogP contribution < -0.4 is 5.32 Å². The van der Waals surface area contributed by atoms with Gasteiger partial charge in [0.05, 0.1) is 5.69 Å². The Morgan fingerprint density at radius 3 is 2.37 bits per heavy atom. The van der Waals surface area contributed by atoms with Gasteiger partial charge in [-0.15, -0.1) is 5.10 Å². The van der Waals surface area contributed by atoms with Crippen molar-refractivity contribution < 1.29 is 0 Å². The number of rotatable bonds is 4. The summed E-state index contributed by atoms with van der Waals surface area (Å²) in [5, 5.41) is 8.52. The minimum atomic E-state index is 0.685. The van der Waals surface area contributed by atoms with Gasteiger partial charge in [-0.2, -0.15) is 9.50 Å². The van der Waals surface area contributed by atoms with Crippen LogP contribution in [-0.4, -0.2) is 19.6 Å². The van der Waals surface area contributed by atoms with Crippen molar-refractivity contribution in [1.29, 1.82) is 0 Å². The zero-order valence-corrected chi connectivity index (χ0v) is 17.9. The molecule has 0 aliphatic heterocycles. The molecular formula is C25H27N5. The summed E-state index contributed by atoms with van der Waals surface area (Å²) in [6, 6.07) is 15.1. The fourth-order valence-electron chi connectivity index (χ4n) is 4.36. The highest BCUT2D eigenvalue weighted by Gasteiger charge is 2.21. The minimum absolute atomic E-state index is 0.685. The summed E-state index contributed by atoms with van der Waals surface area (Å²) in [7, 11) is 0. The van der Waals surface area contributed by atoms with Crippen molar-refractivity contribution in [2.75, 3.05) is 5.32 Å². The number of hydrogen-bond acceptors (Lipinski definition) is 4. The van der Waals surface area contributed by atoms with Crippen LogP contribution in [0, 0.1) is 20.8 Å². The molecule has 2 heterocycles. The number of aryl methyl sites for hydroxylation is 4. The van der Waals surface area contributed by atoms with Crippen molar-refractivity contribution in [2.24, 2.45) is 0 Å². The lowest BCUT2D eigenvalue weighted by molar-refractivity contribution is 0.662. The van der Waals surface area contributed by atoms with Gasteiger partial charge in [-0.25, -0.2) is 4.98 Å². The second-order valence-corrected chi connectivity index (χ2v) is 8.50. The Kier molecular flexibility index (Phi) is 4.74. The molecule has 0 fully saturated rings. The van der Waals surface area contributed by atoms with E-state index in [0.717, 1.165) is 35.9 Å². The topological polar surface area (TPSA) is 55.1 Å². The van der Waals surface area contributed by atoms with Gasteiger partial charge in [-0.1, -0.05) is 35.9 Å². The maximum atomic E-state index is 4.88. The average Bonchev–Trinajstić information content (AvgIpc) is 3.11. The van der Waals surface area contributed by atoms with Crippen LogP contribution in [0.25, 0.3) is 5.78 Å². The molecule has 0 bridgehead atoms. The van der Waals surface area contributed by atoms with Gasteiger partial charge in [-0.05, 0) is 75.3 Å². The lowest BCUT2D eigenvalue weighted by atomic mass is 9.96. The zero-order valence-electron chi connectivity index (χ0n) is 17.9. The Bertz CT molecular complexity index is 1200. The molecule has 0 amide bonds. The normalized spacial score (nSPS) is 13.4. The maximum absolute atomic E-state index is 4.88. The van der Waals surface area contributed by atoms with Gasteiger partial charge in [0.15, 0.2) is 5.82 Å². The molecule has 5 rings (SSSR count). The monoisotopic (exact) mass is 397 g/mol. The molecule has 0 unspecified atom stereocenters. The van der Waals surface area contributed by atoms with Crippen LogP contribution in [0.3, 0.4) is 0 Å². The van der Waals surface area contributed by atoms with Crippen LogP contribution in [0.1, 0.15) is 52.2 Å². The fraction of sp³-hybridized carbons (Fsp3) is 0.320. The van der Waals surface area contributed by atoms with E-state index in [0.29, 0.717) is 12.2 Å². The van der Waals surface area contributed by atoms with E-state index in [1.807, 2.05) is 4.52 Å². The molecule has 2 aromatic heterocycles. The highest BCUT2D eigenvalue weighted by Crippen LogP contribution is 2.30. The SMILES string of the molecule is Cc1ccc(Cc2nc3nc4c(c(Nc5cc(C)cc(C)c5)n3n2)CCCC4)cc1. The molecule has 0 atom stereocenters. The molecular weight excluding hydrogens is 370 g/mol. The number of nitrogens with zero attached hydrogens (tertiary/aromatic N) is 4. The van der Waals surface area contributed by atoms with Crippen LogP contribution in [0.4, 0.5) is 11.5 Å². The minimum Gasteiger partial charge on any atom is -0.340 e. The largest absolute Gasteiger partial charge is 0.340 e. The Balaban J connectivity index is 1.59. The molecule has 2 aromatic carbocycles. The Morgan fingerprint density at radius 2 is 1.60 bits per heavy atom. The molecule has 1 aliphatic carbocycles. The molecule has 0 spiro atoms. The summed E-state index contributed by atoms with van der Waals surface area (Å²) in [6.07, 6.45) is 5.11. The summed E-state index contributed by atoms with van der Waals surface area (Å²) in [5.41, 5.74) is 8.49. The zero-order chi connectivity index (χ0) is 20.7. The number of benzene rings is 2. The Morgan fingerprint density at radius 1 is 0.867 bits per heavy atom. The smallest absolute Gasteiger partial charge is 0.254 e. The molecule has 1 aliphatic rings. The summed E-state index contributed by atoms with van der Waals surface area (Å²) in [6.45, 7) is 6.36. The first-order chi connectivity index (χ1) is 14.5. The highest BCUT2D eigenvalue weighted by atomic mass is 15.4. The van der Waals surface area contributed by atoms with E-state index < -0.39 is 0 Å². The number of nitrogens with one attached hydrogen (secondary N) is 1. The molecule has 30 heavy (non-hydrogen) atoms. The molecule has 5 heteroatoms. The van der Waals surface area contributed by atoms with E-state index in [1.165, 1.54) is 40.7 Å². The predicted molar refractivity (Wildman–Crippen MR) is 121 cm³/mol. The van der Waals surface area contributed by atoms with Crippen molar-refractivity contribution in [1.82, 2.24) is 19.6 Å². The molecule has 152 valence electrons. The van der Waals surface area contributed by atoms with Crippen molar-refractivity contribution in [3.8, 4) is 0 Å². The lowest BCUT2D eigenvalue weighted by Gasteiger charge is -2.20. The van der Waals surface area contributed by atoms with E-state index in [-0.39, 0.29) is 0 Å². The number of fused-ring (bicyclic) bond motifs is 2. The third-order valence-corrected chi connectivity index (χ3v) is 5.77. The third kappa shape index (κ3) is 3.67. The molecule has 0 saturated heterocycles. The van der Waals surface area contributed by atoms with Crippen LogP contribution in [-0.2, 0) is 19.3 Å². The standard InChI is InChI=1S/C25H27N5/c1-16-8-10-19(11-9-16)15-23-28-25-27-22-7-5-4-6-21(22)24(30(25)29-23)26-20-13-17(2)12-18(3)14-20/h8-14,26H,4-7,15H2,1-3H3. The van der Waals surface area contributed by atoms with Crippen LogP contribution in [0.15, 0.2) is 42.5 Å². The lowest BCUT2D eigenvalue weighted by Crippen LogP contribution is -2.13. The quantitative estimate of drug-likeness (QED) is 0.510. The van der Waals surface area contributed by atoms with Crippen molar-refractivity contribution in [3.05, 3.63) is 81.8 Å². The molecule has 0 saturated carbocycles. The first-order valence-electron chi connectivity index (χ1n) is 10.7. The van der Waals surface area contributed by atoms with E-state index in [9.17, 15) is 0 Å². The number of anilines is 2. The van der Waals surface area contributed by atoms with Crippen molar-refractivity contribution in [3.63, 3.8) is 0 Å². The Labute approximate surface area is 177 Å². The van der Waals surface area contributed by atoms with Crippen LogP contribution in [0.5, 0.6) is 0 Å². The first kappa shape index (κ1) is 18.8. The molecule has 1 N–H and O–H groups in total. The summed E-state index contributed by atoms with van der Waals surface area (Å²) in [5.74, 6) is 2.50. The van der Waals surface area contributed by atoms with Crippen LogP contribution in [0.2, 0.25) is 0 Å². The maximum Gasteiger partial charge on any atom is 0.254 e. The molecule has 0 radical (unpaired) electrons. The average molecular weight is 398 g/mol. The van der Waals surface area contributed by atoms with Crippen LogP contribution >= 0.6 is 0 Å². The van der Waals surface area contributed by atoms with Gasteiger partial charge in [0, 0.05) is 17.7 Å². The predicted octanol–water partition coefficient (Wildman–Crippen LogP) is 5.26. The number of hydrogen-bond donors (Lipinski definition) is 1. The summed E-state index contributed by atoms with van der Waals surface area (Å²) in [4.78, 5) is 9.66. The molecule has 5 nitrogen and oxygen atoms in total. The summed E-state index contributed by atoms with van der Waals surface area (Å²) < 4.78 is 1.91. The van der Waals surface area contributed by atoms with Gasteiger partial charge < -0.3 is 5.32 Å². The van der Waals surface area contributed by atoms with E-state index in [2.05, 4.69) is 68.6 Å². The van der Waals surface area contributed by atoms with Gasteiger partial charge in [0.1, 0.15) is 5.82 Å². The summed E-state index contributed by atoms with van der Waals surface area (Å²) >= 11 is 0. The second-order valence-electron chi connectivity index (χ2n) is 8.50. The van der Waals surface area contributed by atoms with Crippen molar-refractivity contribution >= 4 is 17.3 Å². The van der Waals surface area contributed by atoms with E-state index >= 15 is 0 Å². The number of aromatic nitrogens is 4.